The third kappa shape index (κ3) is 3.36. The van der Waals surface area contributed by atoms with Gasteiger partial charge in [-0.15, -0.1) is 10.2 Å². The van der Waals surface area contributed by atoms with Gasteiger partial charge in [-0.1, -0.05) is 35.9 Å². The molecule has 1 N–H and O–H groups in total. The van der Waals surface area contributed by atoms with Gasteiger partial charge in [0.05, 0.1) is 0 Å². The van der Waals surface area contributed by atoms with Crippen LogP contribution in [0.3, 0.4) is 0 Å². The second kappa shape index (κ2) is 7.40. The number of hydrogen-bond acceptors (Lipinski definition) is 4. The third-order valence-corrected chi connectivity index (χ3v) is 6.09. The summed E-state index contributed by atoms with van der Waals surface area (Å²) in [6.07, 6.45) is 0.730. The van der Waals surface area contributed by atoms with Gasteiger partial charge in [0.2, 0.25) is 5.82 Å². The molecule has 2 unspecified atom stereocenters. The number of carbonyl (C=O) groups excluding carboxylic acids is 2. The highest BCUT2D eigenvalue weighted by Crippen LogP contribution is 2.33. The van der Waals surface area contributed by atoms with E-state index in [-0.39, 0.29) is 11.8 Å². The van der Waals surface area contributed by atoms with Crippen LogP contribution in [0.5, 0.6) is 0 Å². The maximum absolute atomic E-state index is 12.9. The van der Waals surface area contributed by atoms with Crippen LogP contribution in [-0.4, -0.2) is 44.6 Å². The van der Waals surface area contributed by atoms with Crippen molar-refractivity contribution in [1.82, 2.24) is 19.7 Å². The Bertz CT molecular complexity index is 1090. The first-order valence-electron chi connectivity index (χ1n) is 10.2. The van der Waals surface area contributed by atoms with Crippen LogP contribution in [0.2, 0.25) is 0 Å². The van der Waals surface area contributed by atoms with Crippen LogP contribution in [0.4, 0.5) is 5.69 Å². The number of hydrogen-bond donors (Lipinski definition) is 1. The summed E-state index contributed by atoms with van der Waals surface area (Å²) in [7, 11) is 0. The predicted octanol–water partition coefficient (Wildman–Crippen LogP) is 2.78. The highest BCUT2D eigenvalue weighted by molar-refractivity contribution is 6.01. The summed E-state index contributed by atoms with van der Waals surface area (Å²) in [5.41, 5.74) is 2.59. The molecule has 152 valence electrons. The van der Waals surface area contributed by atoms with E-state index in [4.69, 9.17) is 0 Å². The lowest BCUT2D eigenvalue weighted by Crippen LogP contribution is -2.31. The van der Waals surface area contributed by atoms with Crippen LogP contribution in [0, 0.1) is 18.8 Å². The average Bonchev–Trinajstić information content (AvgIpc) is 3.36. The lowest BCUT2D eigenvalue weighted by Gasteiger charge is -2.25. The fourth-order valence-corrected chi connectivity index (χ4v) is 4.45. The lowest BCUT2D eigenvalue weighted by atomic mass is 9.89. The van der Waals surface area contributed by atoms with Gasteiger partial charge in [0.25, 0.3) is 11.8 Å². The van der Waals surface area contributed by atoms with Crippen molar-refractivity contribution in [1.29, 1.82) is 0 Å². The van der Waals surface area contributed by atoms with E-state index in [9.17, 15) is 9.59 Å². The first kappa shape index (κ1) is 18.5. The van der Waals surface area contributed by atoms with Crippen molar-refractivity contribution in [3.05, 3.63) is 77.4 Å². The van der Waals surface area contributed by atoms with Crippen LogP contribution in [0.1, 0.15) is 32.4 Å². The van der Waals surface area contributed by atoms with Gasteiger partial charge in [-0.3, -0.25) is 9.59 Å². The zero-order chi connectivity index (χ0) is 20.7. The molecule has 0 radical (unpaired) electrons. The Morgan fingerprint density at radius 2 is 1.67 bits per heavy atom. The molecule has 1 fully saturated rings. The van der Waals surface area contributed by atoms with E-state index in [0.717, 1.165) is 35.6 Å². The summed E-state index contributed by atoms with van der Waals surface area (Å²) in [5, 5.41) is 11.3. The standard InChI is InChI=1S/C23H23N5O2/c1-15-7-9-16(10-8-15)23(30)27-12-17-11-20-25-26-21(28(20)14-18(17)13-27)22(29)24-19-5-3-2-4-6-19/h2-10,17-18H,11-14H2,1H3,(H,24,29). The largest absolute Gasteiger partial charge is 0.338 e. The molecule has 5 rings (SSSR count). The maximum atomic E-state index is 12.9. The van der Waals surface area contributed by atoms with E-state index < -0.39 is 0 Å². The fraction of sp³-hybridized carbons (Fsp3) is 0.304. The van der Waals surface area contributed by atoms with Crippen molar-refractivity contribution in [2.75, 3.05) is 18.4 Å². The van der Waals surface area contributed by atoms with Crippen molar-refractivity contribution in [3.8, 4) is 0 Å². The molecular formula is C23H23N5O2. The zero-order valence-corrected chi connectivity index (χ0v) is 16.8. The van der Waals surface area contributed by atoms with Crippen LogP contribution in [-0.2, 0) is 13.0 Å². The van der Waals surface area contributed by atoms with E-state index in [1.54, 1.807) is 0 Å². The minimum atomic E-state index is -0.260. The average molecular weight is 401 g/mol. The molecule has 7 nitrogen and oxygen atoms in total. The SMILES string of the molecule is Cc1ccc(C(=O)N2CC3Cc4nnc(C(=O)Nc5ccccc5)n4CC3C2)cc1. The minimum absolute atomic E-state index is 0.0715. The number of nitrogens with zero attached hydrogens (tertiary/aromatic N) is 4. The van der Waals surface area contributed by atoms with Crippen molar-refractivity contribution in [2.45, 2.75) is 19.9 Å². The number of aromatic nitrogens is 3. The fourth-order valence-electron chi connectivity index (χ4n) is 4.45. The molecule has 1 saturated heterocycles. The summed E-state index contributed by atoms with van der Waals surface area (Å²) in [6, 6.07) is 17.0. The van der Waals surface area contributed by atoms with Crippen molar-refractivity contribution in [2.24, 2.45) is 11.8 Å². The van der Waals surface area contributed by atoms with E-state index in [1.165, 1.54) is 0 Å². The number of nitrogens with one attached hydrogen (secondary N) is 1. The minimum Gasteiger partial charge on any atom is -0.338 e. The molecule has 0 aliphatic carbocycles. The molecular weight excluding hydrogens is 378 g/mol. The zero-order valence-electron chi connectivity index (χ0n) is 16.8. The van der Waals surface area contributed by atoms with E-state index in [1.807, 2.05) is 71.0 Å². The summed E-state index contributed by atoms with van der Waals surface area (Å²) >= 11 is 0. The highest BCUT2D eigenvalue weighted by atomic mass is 16.2. The summed E-state index contributed by atoms with van der Waals surface area (Å²) < 4.78 is 1.92. The molecule has 0 bridgehead atoms. The molecule has 0 saturated carbocycles. The molecule has 2 aliphatic heterocycles. The number of para-hydroxylation sites is 1. The van der Waals surface area contributed by atoms with Gasteiger partial charge in [0, 0.05) is 37.3 Å². The number of benzene rings is 2. The maximum Gasteiger partial charge on any atom is 0.293 e. The number of rotatable bonds is 3. The van der Waals surface area contributed by atoms with Crippen LogP contribution in [0.15, 0.2) is 54.6 Å². The molecule has 3 heterocycles. The van der Waals surface area contributed by atoms with E-state index in [0.29, 0.717) is 30.7 Å². The normalized spacial score (nSPS) is 19.8. The number of carbonyl (C=O) groups is 2. The Balaban J connectivity index is 1.30. The van der Waals surface area contributed by atoms with Gasteiger partial charge >= 0.3 is 0 Å². The quantitative estimate of drug-likeness (QED) is 0.732. The van der Waals surface area contributed by atoms with Crippen molar-refractivity contribution >= 4 is 17.5 Å². The van der Waals surface area contributed by atoms with Gasteiger partial charge < -0.3 is 14.8 Å². The molecule has 0 spiro atoms. The Kier molecular flexibility index (Phi) is 4.58. The van der Waals surface area contributed by atoms with Crippen molar-refractivity contribution in [3.63, 3.8) is 0 Å². The number of amides is 2. The predicted molar refractivity (Wildman–Crippen MR) is 112 cm³/mol. The molecule has 3 aromatic rings. The highest BCUT2D eigenvalue weighted by Gasteiger charge is 2.40. The van der Waals surface area contributed by atoms with Gasteiger partial charge in [-0.2, -0.15) is 0 Å². The Labute approximate surface area is 174 Å². The van der Waals surface area contributed by atoms with Gasteiger partial charge in [0.15, 0.2) is 0 Å². The third-order valence-electron chi connectivity index (χ3n) is 6.09. The lowest BCUT2D eigenvalue weighted by molar-refractivity contribution is 0.0783. The number of anilines is 1. The molecule has 2 aromatic carbocycles. The number of likely N-dealkylation sites (tertiary alicyclic amines) is 1. The second-order valence-electron chi connectivity index (χ2n) is 8.17. The molecule has 2 atom stereocenters. The van der Waals surface area contributed by atoms with Crippen LogP contribution < -0.4 is 5.32 Å². The molecule has 1 aromatic heterocycles. The first-order chi connectivity index (χ1) is 14.6. The molecule has 7 heteroatoms. The summed E-state index contributed by atoms with van der Waals surface area (Å²) in [6.45, 7) is 4.08. The molecule has 30 heavy (non-hydrogen) atoms. The van der Waals surface area contributed by atoms with Gasteiger partial charge in [-0.05, 0) is 43.0 Å². The topological polar surface area (TPSA) is 80.1 Å². The van der Waals surface area contributed by atoms with Gasteiger partial charge in [-0.25, -0.2) is 0 Å². The summed E-state index contributed by atoms with van der Waals surface area (Å²) in [5.74, 6) is 1.60. The summed E-state index contributed by atoms with van der Waals surface area (Å²) in [4.78, 5) is 27.6. The molecule has 2 aliphatic rings. The second-order valence-corrected chi connectivity index (χ2v) is 8.17. The monoisotopic (exact) mass is 401 g/mol. The number of fused-ring (bicyclic) bond motifs is 2. The Hall–Kier alpha value is -3.48. The van der Waals surface area contributed by atoms with Crippen molar-refractivity contribution < 1.29 is 9.59 Å². The Morgan fingerprint density at radius 1 is 0.933 bits per heavy atom. The smallest absolute Gasteiger partial charge is 0.293 e. The van der Waals surface area contributed by atoms with Crippen LogP contribution in [0.25, 0.3) is 0 Å². The van der Waals surface area contributed by atoms with E-state index in [2.05, 4.69) is 15.5 Å². The molecule has 2 amide bonds. The Morgan fingerprint density at radius 3 is 2.43 bits per heavy atom. The van der Waals surface area contributed by atoms with Gasteiger partial charge in [0.1, 0.15) is 5.82 Å². The van der Waals surface area contributed by atoms with Crippen LogP contribution >= 0.6 is 0 Å². The first-order valence-corrected chi connectivity index (χ1v) is 10.2. The van der Waals surface area contributed by atoms with E-state index >= 15 is 0 Å². The number of aryl methyl sites for hydroxylation is 1.